The Hall–Kier alpha value is -2.69. The number of fused-ring (bicyclic) bond motifs is 1. The van der Waals surface area contributed by atoms with Gasteiger partial charge in [-0.05, 0) is 25.5 Å². The Labute approximate surface area is 191 Å². The number of benzene rings is 1. The zero-order valence-electron chi connectivity index (χ0n) is 19.0. The van der Waals surface area contributed by atoms with Crippen LogP contribution in [0.1, 0.15) is 22.5 Å². The maximum absolute atomic E-state index is 13.6. The Bertz CT molecular complexity index is 1050. The van der Waals surface area contributed by atoms with Crippen molar-refractivity contribution in [2.24, 2.45) is 7.05 Å². The number of amides is 1. The molecule has 1 aromatic carbocycles. The molecule has 1 amide bonds. The summed E-state index contributed by atoms with van der Waals surface area (Å²) in [7, 11) is 5.06. The molecule has 32 heavy (non-hydrogen) atoms. The van der Waals surface area contributed by atoms with Gasteiger partial charge in [0.25, 0.3) is 5.91 Å². The van der Waals surface area contributed by atoms with Crippen molar-refractivity contribution in [3.05, 3.63) is 29.6 Å². The van der Waals surface area contributed by atoms with Gasteiger partial charge in [-0.2, -0.15) is 5.10 Å². The third-order valence-electron chi connectivity index (χ3n) is 5.55. The van der Waals surface area contributed by atoms with Gasteiger partial charge in [-0.25, -0.2) is 4.98 Å². The molecule has 1 aliphatic rings. The van der Waals surface area contributed by atoms with Gasteiger partial charge in [0.1, 0.15) is 21.7 Å². The molecule has 1 saturated heterocycles. The summed E-state index contributed by atoms with van der Waals surface area (Å²) in [5.41, 5.74) is 1.97. The number of aryl methyl sites for hydroxylation is 2. The molecule has 10 heteroatoms. The highest BCUT2D eigenvalue weighted by Gasteiger charge is 2.26. The molecule has 1 fully saturated rings. The fraction of sp³-hybridized carbons (Fsp3) is 0.500. The zero-order chi connectivity index (χ0) is 22.7. The van der Waals surface area contributed by atoms with E-state index in [9.17, 15) is 4.79 Å². The van der Waals surface area contributed by atoms with Crippen LogP contribution >= 0.6 is 11.3 Å². The number of methoxy groups -OCH3 is 2. The maximum Gasteiger partial charge on any atom is 0.280 e. The number of morpholine rings is 1. The van der Waals surface area contributed by atoms with Crippen LogP contribution < -0.4 is 14.4 Å². The molecule has 2 aromatic heterocycles. The van der Waals surface area contributed by atoms with E-state index in [-0.39, 0.29) is 5.91 Å². The second-order valence-electron chi connectivity index (χ2n) is 7.74. The molecule has 9 nitrogen and oxygen atoms in total. The van der Waals surface area contributed by atoms with E-state index in [1.165, 1.54) is 11.3 Å². The molecule has 0 unspecified atom stereocenters. The van der Waals surface area contributed by atoms with Crippen molar-refractivity contribution in [3.8, 4) is 11.5 Å². The van der Waals surface area contributed by atoms with Gasteiger partial charge in [-0.3, -0.25) is 19.3 Å². The van der Waals surface area contributed by atoms with E-state index in [1.807, 2.05) is 32.3 Å². The molecule has 3 heterocycles. The predicted octanol–water partition coefficient (Wildman–Crippen LogP) is 2.72. The Balaban J connectivity index is 1.66. The normalized spacial score (nSPS) is 14.6. The van der Waals surface area contributed by atoms with Crippen molar-refractivity contribution in [3.63, 3.8) is 0 Å². The van der Waals surface area contributed by atoms with Crippen molar-refractivity contribution >= 4 is 32.6 Å². The quantitative estimate of drug-likeness (QED) is 0.512. The van der Waals surface area contributed by atoms with Crippen LogP contribution in [0.2, 0.25) is 0 Å². The van der Waals surface area contributed by atoms with Crippen molar-refractivity contribution in [2.75, 3.05) is 58.5 Å². The van der Waals surface area contributed by atoms with Gasteiger partial charge in [-0.15, -0.1) is 0 Å². The average molecular weight is 460 g/mol. The highest BCUT2D eigenvalue weighted by atomic mass is 32.1. The van der Waals surface area contributed by atoms with E-state index in [0.717, 1.165) is 49.5 Å². The average Bonchev–Trinajstić information content (AvgIpc) is 3.39. The molecule has 172 valence electrons. The summed E-state index contributed by atoms with van der Waals surface area (Å²) in [5, 5.41) is 5.01. The predicted molar refractivity (Wildman–Crippen MR) is 124 cm³/mol. The summed E-state index contributed by atoms with van der Waals surface area (Å²) in [6.07, 6.45) is 2.67. The SMILES string of the molecule is COc1ccc(OC)c2sc(N(CCCN3CCOCC3)C(=O)c3nn(C)cc3C)nc12. The minimum atomic E-state index is -0.151. The fourth-order valence-corrected chi connectivity index (χ4v) is 5.00. The molecular weight excluding hydrogens is 430 g/mol. The van der Waals surface area contributed by atoms with Crippen LogP contribution in [-0.2, 0) is 11.8 Å². The van der Waals surface area contributed by atoms with Crippen LogP contribution in [-0.4, -0.2) is 79.2 Å². The van der Waals surface area contributed by atoms with Crippen molar-refractivity contribution in [1.29, 1.82) is 0 Å². The van der Waals surface area contributed by atoms with Crippen LogP contribution in [0.3, 0.4) is 0 Å². The Morgan fingerprint density at radius 1 is 1.22 bits per heavy atom. The minimum Gasteiger partial charge on any atom is -0.495 e. The number of ether oxygens (including phenoxy) is 3. The zero-order valence-corrected chi connectivity index (χ0v) is 19.8. The number of aromatic nitrogens is 3. The van der Waals surface area contributed by atoms with Gasteiger partial charge in [0.15, 0.2) is 10.8 Å². The molecule has 1 aliphatic heterocycles. The lowest BCUT2D eigenvalue weighted by atomic mass is 10.2. The Kier molecular flexibility index (Phi) is 6.92. The number of nitrogens with zero attached hydrogens (tertiary/aromatic N) is 5. The Morgan fingerprint density at radius 3 is 2.59 bits per heavy atom. The van der Waals surface area contributed by atoms with E-state index in [1.54, 1.807) is 23.8 Å². The van der Waals surface area contributed by atoms with Crippen LogP contribution in [0.15, 0.2) is 18.3 Å². The van der Waals surface area contributed by atoms with Gasteiger partial charge in [0, 0.05) is 45.0 Å². The highest BCUT2D eigenvalue weighted by molar-refractivity contribution is 7.22. The number of anilines is 1. The van der Waals surface area contributed by atoms with E-state index in [2.05, 4.69) is 10.00 Å². The number of rotatable bonds is 8. The third-order valence-corrected chi connectivity index (χ3v) is 6.64. The topological polar surface area (TPSA) is 82.0 Å². The first-order chi connectivity index (χ1) is 15.5. The summed E-state index contributed by atoms with van der Waals surface area (Å²) < 4.78 is 19.0. The molecule has 0 aliphatic carbocycles. The lowest BCUT2D eigenvalue weighted by Gasteiger charge is -2.27. The third kappa shape index (κ3) is 4.57. The van der Waals surface area contributed by atoms with E-state index in [4.69, 9.17) is 19.2 Å². The molecule has 0 N–H and O–H groups in total. The van der Waals surface area contributed by atoms with Gasteiger partial charge < -0.3 is 14.2 Å². The largest absolute Gasteiger partial charge is 0.495 e. The van der Waals surface area contributed by atoms with Crippen LogP contribution in [0.5, 0.6) is 11.5 Å². The van der Waals surface area contributed by atoms with Gasteiger partial charge in [0.05, 0.1) is 27.4 Å². The number of carbonyl (C=O) groups excluding carboxylic acids is 1. The van der Waals surface area contributed by atoms with Gasteiger partial charge in [-0.1, -0.05) is 11.3 Å². The second-order valence-corrected chi connectivity index (χ2v) is 8.72. The highest BCUT2D eigenvalue weighted by Crippen LogP contribution is 2.40. The fourth-order valence-electron chi connectivity index (χ4n) is 3.90. The van der Waals surface area contributed by atoms with Crippen LogP contribution in [0, 0.1) is 6.92 Å². The number of hydrogen-bond acceptors (Lipinski definition) is 8. The summed E-state index contributed by atoms with van der Waals surface area (Å²) in [6, 6.07) is 3.69. The number of carbonyl (C=O) groups is 1. The molecule has 3 aromatic rings. The molecular formula is C22H29N5O4S. The first-order valence-electron chi connectivity index (χ1n) is 10.7. The lowest BCUT2D eigenvalue weighted by Crippen LogP contribution is -2.39. The first kappa shape index (κ1) is 22.5. The smallest absolute Gasteiger partial charge is 0.280 e. The summed E-state index contributed by atoms with van der Waals surface area (Å²) in [4.78, 5) is 22.5. The molecule has 0 radical (unpaired) electrons. The molecule has 0 bridgehead atoms. The molecule has 0 spiro atoms. The summed E-state index contributed by atoms with van der Waals surface area (Å²) >= 11 is 1.43. The monoisotopic (exact) mass is 459 g/mol. The first-order valence-corrected chi connectivity index (χ1v) is 11.5. The minimum absolute atomic E-state index is 0.151. The van der Waals surface area contributed by atoms with E-state index in [0.29, 0.717) is 34.4 Å². The second kappa shape index (κ2) is 9.85. The van der Waals surface area contributed by atoms with Crippen molar-refractivity contribution in [2.45, 2.75) is 13.3 Å². The van der Waals surface area contributed by atoms with Crippen LogP contribution in [0.4, 0.5) is 5.13 Å². The standard InChI is InChI=1S/C22H29N5O4S/c1-15-14-25(2)24-18(15)21(28)27(9-5-8-26-10-12-31-13-11-26)22-23-19-16(29-3)6-7-17(30-4)20(19)32-22/h6-7,14H,5,8-13H2,1-4H3. The maximum atomic E-state index is 13.6. The van der Waals surface area contributed by atoms with Gasteiger partial charge in [0.2, 0.25) is 0 Å². The Morgan fingerprint density at radius 2 is 1.94 bits per heavy atom. The van der Waals surface area contributed by atoms with Crippen LogP contribution in [0.25, 0.3) is 10.2 Å². The van der Waals surface area contributed by atoms with E-state index >= 15 is 0 Å². The molecule has 0 saturated carbocycles. The van der Waals surface area contributed by atoms with Crippen molar-refractivity contribution in [1.82, 2.24) is 19.7 Å². The number of thiazole rings is 1. The van der Waals surface area contributed by atoms with Crippen molar-refractivity contribution < 1.29 is 19.0 Å². The number of hydrogen-bond donors (Lipinski definition) is 0. The molecule has 0 atom stereocenters. The van der Waals surface area contributed by atoms with Gasteiger partial charge >= 0.3 is 0 Å². The van der Waals surface area contributed by atoms with E-state index < -0.39 is 0 Å². The summed E-state index contributed by atoms with van der Waals surface area (Å²) in [6.45, 7) is 6.69. The summed E-state index contributed by atoms with van der Waals surface area (Å²) in [5.74, 6) is 1.21. The lowest BCUT2D eigenvalue weighted by molar-refractivity contribution is 0.0376. The molecule has 4 rings (SSSR count).